The third kappa shape index (κ3) is 14.1. The van der Waals surface area contributed by atoms with Crippen LogP contribution in [-0.2, 0) is 9.53 Å². The van der Waals surface area contributed by atoms with Crippen molar-refractivity contribution in [1.29, 1.82) is 0 Å². The molecule has 0 aromatic rings. The summed E-state index contributed by atoms with van der Waals surface area (Å²) in [4.78, 5) is 11.4. The van der Waals surface area contributed by atoms with E-state index in [0.717, 1.165) is 12.8 Å². The zero-order valence-corrected chi connectivity index (χ0v) is 14.4. The maximum Gasteiger partial charge on any atom is 0.325 e. The van der Waals surface area contributed by atoms with Gasteiger partial charge >= 0.3 is 5.97 Å². The van der Waals surface area contributed by atoms with E-state index >= 15 is 0 Å². The standard InChI is InChI=1S/C16H33NO2.ClH/c1-4-5-6-7-8-9-10-11-12-13-14-19-15(18)16(2,3)17;/h4-14,17H2,1-3H3;1H. The Bertz CT molecular complexity index is 227. The lowest BCUT2D eigenvalue weighted by molar-refractivity contribution is -0.148. The summed E-state index contributed by atoms with van der Waals surface area (Å²) in [7, 11) is 0. The van der Waals surface area contributed by atoms with E-state index in [-0.39, 0.29) is 18.4 Å². The molecule has 0 aromatic carbocycles. The van der Waals surface area contributed by atoms with Gasteiger partial charge in [-0.25, -0.2) is 0 Å². The van der Waals surface area contributed by atoms with Crippen LogP contribution in [0.1, 0.15) is 85.0 Å². The summed E-state index contributed by atoms with van der Waals surface area (Å²) in [5.74, 6) is -0.302. The van der Waals surface area contributed by atoms with E-state index in [0.29, 0.717) is 6.61 Å². The molecule has 2 N–H and O–H groups in total. The molecule has 4 heteroatoms. The quantitative estimate of drug-likeness (QED) is 0.423. The fourth-order valence-corrected chi connectivity index (χ4v) is 1.94. The molecular weight excluding hydrogens is 274 g/mol. The van der Waals surface area contributed by atoms with Crippen molar-refractivity contribution in [3.63, 3.8) is 0 Å². The zero-order chi connectivity index (χ0) is 14.6. The van der Waals surface area contributed by atoms with E-state index in [1.807, 2.05) is 0 Å². The molecule has 3 nitrogen and oxygen atoms in total. The first kappa shape index (κ1) is 22.0. The first-order chi connectivity index (χ1) is 8.98. The van der Waals surface area contributed by atoms with Gasteiger partial charge in [-0.15, -0.1) is 12.4 Å². The van der Waals surface area contributed by atoms with Gasteiger partial charge in [0.15, 0.2) is 0 Å². The zero-order valence-electron chi connectivity index (χ0n) is 13.6. The van der Waals surface area contributed by atoms with Gasteiger partial charge in [0.05, 0.1) is 6.61 Å². The van der Waals surface area contributed by atoms with Crippen molar-refractivity contribution in [2.24, 2.45) is 5.73 Å². The van der Waals surface area contributed by atoms with Crippen molar-refractivity contribution in [3.8, 4) is 0 Å². The Balaban J connectivity index is 0. The number of esters is 1. The second-order valence-electron chi connectivity index (χ2n) is 6.04. The highest BCUT2D eigenvalue weighted by Crippen LogP contribution is 2.10. The minimum Gasteiger partial charge on any atom is -0.464 e. The van der Waals surface area contributed by atoms with Crippen LogP contribution in [0.4, 0.5) is 0 Å². The summed E-state index contributed by atoms with van der Waals surface area (Å²) in [6.07, 6.45) is 12.8. The fraction of sp³-hybridized carbons (Fsp3) is 0.938. The molecule has 0 amide bonds. The normalized spacial score (nSPS) is 11.0. The van der Waals surface area contributed by atoms with Crippen LogP contribution in [0.25, 0.3) is 0 Å². The molecule has 0 unspecified atom stereocenters. The number of rotatable bonds is 12. The highest BCUT2D eigenvalue weighted by Gasteiger charge is 2.23. The van der Waals surface area contributed by atoms with Crippen LogP contribution in [-0.4, -0.2) is 18.1 Å². The van der Waals surface area contributed by atoms with Crippen LogP contribution in [0.3, 0.4) is 0 Å². The van der Waals surface area contributed by atoms with Crippen molar-refractivity contribution in [1.82, 2.24) is 0 Å². The Labute approximate surface area is 131 Å². The van der Waals surface area contributed by atoms with Crippen molar-refractivity contribution in [2.45, 2.75) is 90.5 Å². The first-order valence-corrected chi connectivity index (χ1v) is 7.94. The fourth-order valence-electron chi connectivity index (χ4n) is 1.94. The molecule has 122 valence electrons. The summed E-state index contributed by atoms with van der Waals surface area (Å²) in [5.41, 5.74) is 4.77. The molecule has 0 aliphatic rings. The van der Waals surface area contributed by atoms with Gasteiger partial charge in [-0.05, 0) is 20.3 Å². The molecule has 20 heavy (non-hydrogen) atoms. The van der Waals surface area contributed by atoms with Gasteiger partial charge in [0.25, 0.3) is 0 Å². The predicted molar refractivity (Wildman–Crippen MR) is 88.3 cm³/mol. The summed E-state index contributed by atoms with van der Waals surface area (Å²) in [6.45, 7) is 6.11. The van der Waals surface area contributed by atoms with Crippen LogP contribution in [0.5, 0.6) is 0 Å². The number of carbonyl (C=O) groups excluding carboxylic acids is 1. The lowest BCUT2D eigenvalue weighted by Gasteiger charge is -2.16. The van der Waals surface area contributed by atoms with Crippen molar-refractivity contribution in [2.75, 3.05) is 6.61 Å². The Kier molecular flexibility index (Phi) is 15.1. The topological polar surface area (TPSA) is 52.3 Å². The van der Waals surface area contributed by atoms with Gasteiger partial charge in [0.1, 0.15) is 5.54 Å². The Morgan fingerprint density at radius 2 is 1.30 bits per heavy atom. The van der Waals surface area contributed by atoms with E-state index in [1.54, 1.807) is 13.8 Å². The predicted octanol–water partition coefficient (Wildman–Crippen LogP) is 4.61. The summed E-state index contributed by atoms with van der Waals surface area (Å²) < 4.78 is 5.11. The van der Waals surface area contributed by atoms with Crippen LogP contribution in [0.2, 0.25) is 0 Å². The molecule has 0 radical (unpaired) electrons. The average Bonchev–Trinajstić information content (AvgIpc) is 2.34. The number of nitrogens with two attached hydrogens (primary N) is 1. The minimum absolute atomic E-state index is 0. The third-order valence-electron chi connectivity index (χ3n) is 3.26. The molecule has 0 aliphatic heterocycles. The lowest BCUT2D eigenvalue weighted by Crippen LogP contribution is -2.42. The molecule has 0 spiro atoms. The third-order valence-corrected chi connectivity index (χ3v) is 3.26. The SMILES string of the molecule is CCCCCCCCCCCCOC(=O)C(C)(C)N.Cl. The van der Waals surface area contributed by atoms with Crippen molar-refractivity contribution in [3.05, 3.63) is 0 Å². The molecular formula is C16H34ClNO2. The smallest absolute Gasteiger partial charge is 0.325 e. The number of halogens is 1. The van der Waals surface area contributed by atoms with Crippen LogP contribution in [0, 0.1) is 0 Å². The summed E-state index contributed by atoms with van der Waals surface area (Å²) in [6, 6.07) is 0. The number of carbonyl (C=O) groups is 1. The molecule has 0 aromatic heterocycles. The second-order valence-corrected chi connectivity index (χ2v) is 6.04. The van der Waals surface area contributed by atoms with Gasteiger partial charge in [0.2, 0.25) is 0 Å². The van der Waals surface area contributed by atoms with Gasteiger partial charge in [0, 0.05) is 0 Å². The Morgan fingerprint density at radius 1 is 0.900 bits per heavy atom. The molecule has 0 aliphatic carbocycles. The largest absolute Gasteiger partial charge is 0.464 e. The highest BCUT2D eigenvalue weighted by atomic mass is 35.5. The van der Waals surface area contributed by atoms with Crippen LogP contribution >= 0.6 is 12.4 Å². The summed E-state index contributed by atoms with van der Waals surface area (Å²) in [5, 5.41) is 0. The lowest BCUT2D eigenvalue weighted by atomic mass is 10.1. The van der Waals surface area contributed by atoms with E-state index in [4.69, 9.17) is 10.5 Å². The molecule has 0 heterocycles. The minimum atomic E-state index is -0.863. The highest BCUT2D eigenvalue weighted by molar-refractivity contribution is 5.85. The van der Waals surface area contributed by atoms with Crippen LogP contribution < -0.4 is 5.73 Å². The number of unbranched alkanes of at least 4 members (excludes halogenated alkanes) is 9. The van der Waals surface area contributed by atoms with Crippen LogP contribution in [0.15, 0.2) is 0 Å². The number of ether oxygens (including phenoxy) is 1. The molecule has 0 fully saturated rings. The molecule has 0 atom stereocenters. The van der Waals surface area contributed by atoms with Gasteiger partial charge in [-0.2, -0.15) is 0 Å². The number of hydrogen-bond donors (Lipinski definition) is 1. The average molecular weight is 308 g/mol. The molecule has 0 saturated heterocycles. The molecule has 0 bridgehead atoms. The van der Waals surface area contributed by atoms with Crippen molar-refractivity contribution >= 4 is 18.4 Å². The van der Waals surface area contributed by atoms with Gasteiger partial charge < -0.3 is 10.5 Å². The maximum atomic E-state index is 11.4. The maximum absolute atomic E-state index is 11.4. The van der Waals surface area contributed by atoms with E-state index in [2.05, 4.69) is 6.92 Å². The summed E-state index contributed by atoms with van der Waals surface area (Å²) >= 11 is 0. The Morgan fingerprint density at radius 3 is 1.70 bits per heavy atom. The van der Waals surface area contributed by atoms with E-state index in [1.165, 1.54) is 51.4 Å². The van der Waals surface area contributed by atoms with Crippen molar-refractivity contribution < 1.29 is 9.53 Å². The first-order valence-electron chi connectivity index (χ1n) is 7.94. The van der Waals surface area contributed by atoms with E-state index in [9.17, 15) is 4.79 Å². The van der Waals surface area contributed by atoms with Gasteiger partial charge in [-0.3, -0.25) is 4.79 Å². The monoisotopic (exact) mass is 307 g/mol. The second kappa shape index (κ2) is 13.7. The molecule has 0 rings (SSSR count). The van der Waals surface area contributed by atoms with Gasteiger partial charge in [-0.1, -0.05) is 64.7 Å². The number of hydrogen-bond acceptors (Lipinski definition) is 3. The van der Waals surface area contributed by atoms with E-state index < -0.39 is 5.54 Å². The molecule has 0 saturated carbocycles. The Hall–Kier alpha value is -0.280.